The van der Waals surface area contributed by atoms with Crippen molar-refractivity contribution in [2.75, 3.05) is 19.6 Å². The minimum atomic E-state index is 0.381. The predicted molar refractivity (Wildman–Crippen MR) is 48.7 cm³/mol. The van der Waals surface area contributed by atoms with Gasteiger partial charge in [-0.2, -0.15) is 5.26 Å². The standard InChI is InChI=1S/C9H17N3/c1-8(2)12-6-5-11-9(7-12)3-4-10/h8-9,11H,3,5-7H2,1-2H3/t9-/m1/s1. The molecule has 0 saturated carbocycles. The minimum Gasteiger partial charge on any atom is -0.310 e. The van der Waals surface area contributed by atoms with Gasteiger partial charge in [0.05, 0.1) is 12.5 Å². The molecule has 0 amide bonds. The van der Waals surface area contributed by atoms with Gasteiger partial charge >= 0.3 is 0 Å². The van der Waals surface area contributed by atoms with Crippen LogP contribution in [-0.4, -0.2) is 36.6 Å². The Hall–Kier alpha value is -0.590. The maximum absolute atomic E-state index is 8.53. The third-order valence-electron chi connectivity index (χ3n) is 2.35. The molecule has 3 heteroatoms. The molecule has 3 nitrogen and oxygen atoms in total. The Bertz CT molecular complexity index is 171. The first kappa shape index (κ1) is 9.50. The molecule has 1 aliphatic rings. The van der Waals surface area contributed by atoms with Gasteiger partial charge in [0, 0.05) is 31.7 Å². The molecule has 0 radical (unpaired) electrons. The Morgan fingerprint density at radius 2 is 2.42 bits per heavy atom. The normalized spacial score (nSPS) is 25.7. The summed E-state index contributed by atoms with van der Waals surface area (Å²) in [4.78, 5) is 2.42. The molecule has 1 atom stereocenters. The highest BCUT2D eigenvalue weighted by Crippen LogP contribution is 2.05. The molecule has 1 N–H and O–H groups in total. The van der Waals surface area contributed by atoms with Crippen LogP contribution >= 0.6 is 0 Å². The van der Waals surface area contributed by atoms with Gasteiger partial charge in [0.2, 0.25) is 0 Å². The molecule has 0 aromatic rings. The van der Waals surface area contributed by atoms with E-state index >= 15 is 0 Å². The molecule has 1 aliphatic heterocycles. The molecular weight excluding hydrogens is 150 g/mol. The Morgan fingerprint density at radius 1 is 1.67 bits per heavy atom. The summed E-state index contributed by atoms with van der Waals surface area (Å²) < 4.78 is 0. The van der Waals surface area contributed by atoms with Gasteiger partial charge in [-0.25, -0.2) is 0 Å². The van der Waals surface area contributed by atoms with Crippen LogP contribution in [0, 0.1) is 11.3 Å². The van der Waals surface area contributed by atoms with Crippen molar-refractivity contribution in [2.24, 2.45) is 0 Å². The van der Waals surface area contributed by atoms with Gasteiger partial charge in [-0.05, 0) is 13.8 Å². The Morgan fingerprint density at radius 3 is 3.00 bits per heavy atom. The topological polar surface area (TPSA) is 39.1 Å². The lowest BCUT2D eigenvalue weighted by Crippen LogP contribution is -2.52. The zero-order valence-electron chi connectivity index (χ0n) is 7.88. The van der Waals surface area contributed by atoms with Crippen LogP contribution in [0.5, 0.6) is 0 Å². The number of hydrogen-bond donors (Lipinski definition) is 1. The summed E-state index contributed by atoms with van der Waals surface area (Å²) in [6.07, 6.45) is 0.628. The first-order valence-corrected chi connectivity index (χ1v) is 4.58. The number of piperazine rings is 1. The summed E-state index contributed by atoms with van der Waals surface area (Å²) in [5.41, 5.74) is 0. The average molecular weight is 167 g/mol. The van der Waals surface area contributed by atoms with E-state index < -0.39 is 0 Å². The molecule has 1 rings (SSSR count). The Kier molecular flexibility index (Phi) is 3.51. The van der Waals surface area contributed by atoms with Gasteiger partial charge in [0.25, 0.3) is 0 Å². The minimum absolute atomic E-state index is 0.381. The summed E-state index contributed by atoms with van der Waals surface area (Å²) >= 11 is 0. The summed E-state index contributed by atoms with van der Waals surface area (Å²) in [7, 11) is 0. The van der Waals surface area contributed by atoms with Crippen LogP contribution < -0.4 is 5.32 Å². The van der Waals surface area contributed by atoms with Gasteiger partial charge in [0.1, 0.15) is 0 Å². The second-order valence-corrected chi connectivity index (χ2v) is 3.60. The number of nitrogens with zero attached hydrogens (tertiary/aromatic N) is 2. The molecule has 1 fully saturated rings. The Balaban J connectivity index is 2.36. The van der Waals surface area contributed by atoms with Crippen molar-refractivity contribution in [1.82, 2.24) is 10.2 Å². The van der Waals surface area contributed by atoms with E-state index in [-0.39, 0.29) is 0 Å². The van der Waals surface area contributed by atoms with E-state index in [9.17, 15) is 0 Å². The lowest BCUT2D eigenvalue weighted by atomic mass is 10.1. The van der Waals surface area contributed by atoms with Gasteiger partial charge in [-0.15, -0.1) is 0 Å². The molecule has 0 aromatic heterocycles. The van der Waals surface area contributed by atoms with Crippen molar-refractivity contribution in [3.8, 4) is 6.07 Å². The molecule has 0 aromatic carbocycles. The van der Waals surface area contributed by atoms with Crippen LogP contribution in [0.1, 0.15) is 20.3 Å². The lowest BCUT2D eigenvalue weighted by molar-refractivity contribution is 0.163. The molecule has 0 spiro atoms. The molecule has 1 heterocycles. The van der Waals surface area contributed by atoms with E-state index in [4.69, 9.17) is 5.26 Å². The number of rotatable bonds is 2. The fourth-order valence-electron chi connectivity index (χ4n) is 1.57. The summed E-state index contributed by atoms with van der Waals surface area (Å²) in [5, 5.41) is 11.9. The second-order valence-electron chi connectivity index (χ2n) is 3.60. The highest BCUT2D eigenvalue weighted by atomic mass is 15.2. The summed E-state index contributed by atoms with van der Waals surface area (Å²) in [6, 6.07) is 3.19. The molecular formula is C9H17N3. The van der Waals surface area contributed by atoms with E-state index in [2.05, 4.69) is 30.1 Å². The van der Waals surface area contributed by atoms with E-state index in [0.29, 0.717) is 18.5 Å². The highest BCUT2D eigenvalue weighted by Gasteiger charge is 2.20. The van der Waals surface area contributed by atoms with E-state index in [1.54, 1.807) is 0 Å². The van der Waals surface area contributed by atoms with Crippen LogP contribution in [0.25, 0.3) is 0 Å². The SMILES string of the molecule is CC(C)N1CCN[C@H](CC#N)C1. The molecule has 0 aliphatic carbocycles. The van der Waals surface area contributed by atoms with Crippen molar-refractivity contribution < 1.29 is 0 Å². The van der Waals surface area contributed by atoms with Gasteiger partial charge in [-0.1, -0.05) is 0 Å². The first-order valence-electron chi connectivity index (χ1n) is 4.58. The molecule has 68 valence electrons. The fourth-order valence-corrected chi connectivity index (χ4v) is 1.57. The number of nitrogens with one attached hydrogen (secondary N) is 1. The molecule has 0 bridgehead atoms. The highest BCUT2D eigenvalue weighted by molar-refractivity contribution is 4.87. The van der Waals surface area contributed by atoms with Crippen molar-refractivity contribution in [2.45, 2.75) is 32.4 Å². The van der Waals surface area contributed by atoms with Gasteiger partial charge < -0.3 is 5.32 Å². The maximum Gasteiger partial charge on any atom is 0.0638 e. The van der Waals surface area contributed by atoms with Crippen molar-refractivity contribution in [3.05, 3.63) is 0 Å². The largest absolute Gasteiger partial charge is 0.310 e. The summed E-state index contributed by atoms with van der Waals surface area (Å²) in [6.45, 7) is 7.55. The first-order chi connectivity index (χ1) is 5.74. The van der Waals surface area contributed by atoms with Crippen molar-refractivity contribution >= 4 is 0 Å². The third-order valence-corrected chi connectivity index (χ3v) is 2.35. The number of hydrogen-bond acceptors (Lipinski definition) is 3. The van der Waals surface area contributed by atoms with Crippen LogP contribution in [-0.2, 0) is 0 Å². The summed E-state index contributed by atoms with van der Waals surface area (Å²) in [5.74, 6) is 0. The van der Waals surface area contributed by atoms with Crippen LogP contribution in [0.15, 0.2) is 0 Å². The molecule has 1 saturated heterocycles. The zero-order valence-corrected chi connectivity index (χ0v) is 7.88. The van der Waals surface area contributed by atoms with Crippen LogP contribution in [0.4, 0.5) is 0 Å². The predicted octanol–water partition coefficient (Wildman–Crippen LogP) is 0.582. The fraction of sp³-hybridized carbons (Fsp3) is 0.889. The van der Waals surface area contributed by atoms with Crippen LogP contribution in [0.3, 0.4) is 0 Å². The van der Waals surface area contributed by atoms with Crippen LogP contribution in [0.2, 0.25) is 0 Å². The van der Waals surface area contributed by atoms with Gasteiger partial charge in [0.15, 0.2) is 0 Å². The van der Waals surface area contributed by atoms with Crippen molar-refractivity contribution in [1.29, 1.82) is 5.26 Å². The average Bonchev–Trinajstić information content (AvgIpc) is 2.05. The molecule has 12 heavy (non-hydrogen) atoms. The monoisotopic (exact) mass is 167 g/mol. The quantitative estimate of drug-likeness (QED) is 0.654. The molecule has 0 unspecified atom stereocenters. The second kappa shape index (κ2) is 4.44. The van der Waals surface area contributed by atoms with Gasteiger partial charge in [-0.3, -0.25) is 4.90 Å². The van der Waals surface area contributed by atoms with E-state index in [1.165, 1.54) is 0 Å². The maximum atomic E-state index is 8.53. The third kappa shape index (κ3) is 2.47. The van der Waals surface area contributed by atoms with E-state index in [1.807, 2.05) is 0 Å². The number of nitriles is 1. The Labute approximate surface area is 74.4 Å². The van der Waals surface area contributed by atoms with Crippen molar-refractivity contribution in [3.63, 3.8) is 0 Å². The van der Waals surface area contributed by atoms with E-state index in [0.717, 1.165) is 19.6 Å². The zero-order chi connectivity index (χ0) is 8.97. The lowest BCUT2D eigenvalue weighted by Gasteiger charge is -2.35. The smallest absolute Gasteiger partial charge is 0.0638 e.